The third-order valence-electron chi connectivity index (χ3n) is 3.94. The van der Waals surface area contributed by atoms with Crippen LogP contribution in [0.3, 0.4) is 0 Å². The van der Waals surface area contributed by atoms with E-state index in [0.29, 0.717) is 23.2 Å². The number of nitrogens with zero attached hydrogens (tertiary/aromatic N) is 2. The van der Waals surface area contributed by atoms with Crippen LogP contribution in [0.2, 0.25) is 0 Å². The fraction of sp³-hybridized carbons (Fsp3) is 0.182. The molecule has 0 aliphatic carbocycles. The van der Waals surface area contributed by atoms with Crippen LogP contribution in [-0.2, 0) is 9.53 Å². The average molecular weight is 378 g/mol. The molecule has 27 heavy (non-hydrogen) atoms. The Morgan fingerprint density at radius 3 is 2.44 bits per heavy atom. The predicted molar refractivity (Wildman–Crippen MR) is 113 cm³/mol. The highest BCUT2D eigenvalue weighted by Crippen LogP contribution is 2.33. The topological polar surface area (TPSA) is 41.9 Å². The third kappa shape index (κ3) is 5.18. The largest absolute Gasteiger partial charge is 0.383 e. The van der Waals surface area contributed by atoms with E-state index < -0.39 is 0 Å². The number of carbonyl (C=O) groups excluding carboxylic acids is 1. The van der Waals surface area contributed by atoms with Gasteiger partial charge in [-0.25, -0.2) is 4.99 Å². The normalized spacial score (nSPS) is 17.9. The lowest BCUT2D eigenvalue weighted by molar-refractivity contribution is -0.122. The lowest BCUT2D eigenvalue weighted by Gasteiger charge is -2.14. The predicted octanol–water partition coefficient (Wildman–Crippen LogP) is 4.88. The first-order chi connectivity index (χ1) is 13.2. The SMILES string of the molecule is COCCN1C(=O)/C(=C/C(C)=C/c2ccccc2)SC1=Nc1ccccc1. The molecule has 138 valence electrons. The van der Waals surface area contributed by atoms with E-state index in [1.165, 1.54) is 11.8 Å². The van der Waals surface area contributed by atoms with Crippen molar-refractivity contribution in [2.24, 2.45) is 4.99 Å². The highest BCUT2D eigenvalue weighted by molar-refractivity contribution is 8.18. The summed E-state index contributed by atoms with van der Waals surface area (Å²) in [7, 11) is 1.63. The van der Waals surface area contributed by atoms with Crippen molar-refractivity contribution in [2.75, 3.05) is 20.3 Å². The van der Waals surface area contributed by atoms with E-state index in [1.807, 2.05) is 73.7 Å². The number of rotatable bonds is 6. The van der Waals surface area contributed by atoms with E-state index in [0.717, 1.165) is 16.8 Å². The highest BCUT2D eigenvalue weighted by Gasteiger charge is 2.33. The summed E-state index contributed by atoms with van der Waals surface area (Å²) in [5.74, 6) is -0.0347. The number of allylic oxidation sites excluding steroid dienone is 2. The molecule has 1 aliphatic rings. The molecule has 0 bridgehead atoms. The van der Waals surface area contributed by atoms with E-state index in [1.54, 1.807) is 12.0 Å². The molecule has 1 fully saturated rings. The first kappa shape index (κ1) is 19.1. The number of ether oxygens (including phenoxy) is 1. The van der Waals surface area contributed by atoms with Gasteiger partial charge in [-0.3, -0.25) is 9.69 Å². The number of para-hydroxylation sites is 1. The fourth-order valence-corrected chi connectivity index (χ4v) is 3.72. The Labute approximate surface area is 164 Å². The van der Waals surface area contributed by atoms with Crippen LogP contribution in [-0.4, -0.2) is 36.2 Å². The second kappa shape index (κ2) is 9.35. The molecule has 0 spiro atoms. The molecule has 1 heterocycles. The number of hydrogen-bond acceptors (Lipinski definition) is 4. The molecule has 0 saturated carbocycles. The standard InChI is InChI=1S/C22H22N2O2S/c1-17(15-18-9-5-3-6-10-18)16-20-21(25)24(13-14-26-2)22(27-20)23-19-11-7-4-8-12-19/h3-12,15-16H,13-14H2,1-2H3/b17-15+,20-16-,23-22?. The lowest BCUT2D eigenvalue weighted by Crippen LogP contribution is -2.32. The molecule has 0 atom stereocenters. The van der Waals surface area contributed by atoms with E-state index in [4.69, 9.17) is 4.74 Å². The van der Waals surface area contributed by atoms with Gasteiger partial charge in [-0.2, -0.15) is 0 Å². The van der Waals surface area contributed by atoms with E-state index >= 15 is 0 Å². The Morgan fingerprint density at radius 2 is 1.78 bits per heavy atom. The average Bonchev–Trinajstić information content (AvgIpc) is 2.96. The number of benzene rings is 2. The van der Waals surface area contributed by atoms with Gasteiger partial charge in [0.15, 0.2) is 5.17 Å². The van der Waals surface area contributed by atoms with Crippen LogP contribution in [0.25, 0.3) is 6.08 Å². The van der Waals surface area contributed by atoms with Crippen LogP contribution >= 0.6 is 11.8 Å². The second-order valence-electron chi connectivity index (χ2n) is 6.09. The smallest absolute Gasteiger partial charge is 0.266 e. The number of methoxy groups -OCH3 is 1. The van der Waals surface area contributed by atoms with Crippen LogP contribution in [0, 0.1) is 0 Å². The van der Waals surface area contributed by atoms with Gasteiger partial charge >= 0.3 is 0 Å². The maximum absolute atomic E-state index is 12.9. The molecule has 1 saturated heterocycles. The van der Waals surface area contributed by atoms with E-state index in [9.17, 15) is 4.79 Å². The van der Waals surface area contributed by atoms with Crippen molar-refractivity contribution in [3.63, 3.8) is 0 Å². The van der Waals surface area contributed by atoms with Crippen LogP contribution in [0.5, 0.6) is 0 Å². The highest BCUT2D eigenvalue weighted by atomic mass is 32.2. The minimum absolute atomic E-state index is 0.0347. The first-order valence-electron chi connectivity index (χ1n) is 8.75. The molecule has 5 heteroatoms. The lowest BCUT2D eigenvalue weighted by atomic mass is 10.1. The van der Waals surface area contributed by atoms with Gasteiger partial charge in [-0.1, -0.05) is 54.6 Å². The number of thioether (sulfide) groups is 1. The Bertz CT molecular complexity index is 874. The van der Waals surface area contributed by atoms with Crippen LogP contribution in [0.4, 0.5) is 5.69 Å². The summed E-state index contributed by atoms with van der Waals surface area (Å²) in [6.45, 7) is 2.94. The molecule has 4 nitrogen and oxygen atoms in total. The molecule has 2 aromatic rings. The first-order valence-corrected chi connectivity index (χ1v) is 9.56. The quantitative estimate of drug-likeness (QED) is 0.673. The van der Waals surface area contributed by atoms with Gasteiger partial charge in [0.25, 0.3) is 5.91 Å². The van der Waals surface area contributed by atoms with Gasteiger partial charge in [0.05, 0.1) is 23.7 Å². The van der Waals surface area contributed by atoms with Crippen molar-refractivity contribution >= 4 is 34.6 Å². The van der Waals surface area contributed by atoms with Gasteiger partial charge in [-0.15, -0.1) is 0 Å². The maximum atomic E-state index is 12.9. The zero-order valence-corrected chi connectivity index (χ0v) is 16.3. The molecule has 0 N–H and O–H groups in total. The zero-order chi connectivity index (χ0) is 19.1. The van der Waals surface area contributed by atoms with Crippen molar-refractivity contribution < 1.29 is 9.53 Å². The van der Waals surface area contributed by atoms with Crippen molar-refractivity contribution in [1.82, 2.24) is 4.90 Å². The van der Waals surface area contributed by atoms with Crippen LogP contribution in [0.1, 0.15) is 12.5 Å². The van der Waals surface area contributed by atoms with Gasteiger partial charge < -0.3 is 4.74 Å². The van der Waals surface area contributed by atoms with E-state index in [-0.39, 0.29) is 5.91 Å². The summed E-state index contributed by atoms with van der Waals surface area (Å²) in [5, 5.41) is 0.682. The summed E-state index contributed by atoms with van der Waals surface area (Å²) in [6, 6.07) is 19.7. The summed E-state index contributed by atoms with van der Waals surface area (Å²) in [4.78, 5) is 19.9. The van der Waals surface area contributed by atoms with Crippen molar-refractivity contribution in [1.29, 1.82) is 0 Å². The number of hydrogen-bond donors (Lipinski definition) is 0. The van der Waals surface area contributed by atoms with Crippen molar-refractivity contribution in [2.45, 2.75) is 6.92 Å². The fourth-order valence-electron chi connectivity index (χ4n) is 2.64. The minimum Gasteiger partial charge on any atom is -0.383 e. The van der Waals surface area contributed by atoms with E-state index in [2.05, 4.69) is 11.1 Å². The number of aliphatic imine (C=N–C) groups is 1. The van der Waals surface area contributed by atoms with Crippen molar-refractivity contribution in [3.05, 3.63) is 82.8 Å². The second-order valence-corrected chi connectivity index (χ2v) is 7.10. The molecule has 0 unspecified atom stereocenters. The Hall–Kier alpha value is -2.63. The molecule has 2 aromatic carbocycles. The van der Waals surface area contributed by atoms with Gasteiger partial charge in [-0.05, 0) is 48.0 Å². The van der Waals surface area contributed by atoms with Gasteiger partial charge in [0.1, 0.15) is 0 Å². The summed E-state index contributed by atoms with van der Waals surface area (Å²) >= 11 is 1.40. The Kier molecular flexibility index (Phi) is 6.63. The monoisotopic (exact) mass is 378 g/mol. The van der Waals surface area contributed by atoms with Crippen LogP contribution in [0.15, 0.2) is 82.2 Å². The minimum atomic E-state index is -0.0347. The Balaban J connectivity index is 1.87. The van der Waals surface area contributed by atoms with Gasteiger partial charge in [0.2, 0.25) is 0 Å². The molecular weight excluding hydrogens is 356 g/mol. The summed E-state index contributed by atoms with van der Waals surface area (Å²) < 4.78 is 5.16. The number of amides is 1. The molecule has 1 amide bonds. The Morgan fingerprint density at radius 1 is 1.11 bits per heavy atom. The molecule has 0 radical (unpaired) electrons. The maximum Gasteiger partial charge on any atom is 0.266 e. The van der Waals surface area contributed by atoms with Crippen LogP contribution < -0.4 is 0 Å². The molecular formula is C22H22N2O2S. The zero-order valence-electron chi connectivity index (χ0n) is 15.5. The molecule has 0 aromatic heterocycles. The van der Waals surface area contributed by atoms with Crippen molar-refractivity contribution in [3.8, 4) is 0 Å². The summed E-state index contributed by atoms with van der Waals surface area (Å²) in [5.41, 5.74) is 2.95. The number of amidine groups is 1. The molecule has 3 rings (SSSR count). The number of carbonyl (C=O) groups is 1. The van der Waals surface area contributed by atoms with Gasteiger partial charge in [0, 0.05) is 7.11 Å². The molecule has 1 aliphatic heterocycles. The summed E-state index contributed by atoms with van der Waals surface area (Å²) in [6.07, 6.45) is 3.99. The third-order valence-corrected chi connectivity index (χ3v) is 4.95.